The third-order valence-electron chi connectivity index (χ3n) is 4.36. The minimum absolute atomic E-state index is 0.219. The Balaban J connectivity index is 1.58. The van der Waals surface area contributed by atoms with Crippen LogP contribution in [0.5, 0.6) is 0 Å². The van der Waals surface area contributed by atoms with Crippen molar-refractivity contribution in [1.82, 2.24) is 14.9 Å². The average Bonchev–Trinajstić information content (AvgIpc) is 3.41. The fourth-order valence-corrected chi connectivity index (χ4v) is 5.57. The maximum absolute atomic E-state index is 13.3. The summed E-state index contributed by atoms with van der Waals surface area (Å²) in [5.74, 6) is -0.0362. The zero-order chi connectivity index (χ0) is 20.5. The van der Waals surface area contributed by atoms with Gasteiger partial charge in [-0.25, -0.2) is 14.8 Å². The number of hydrogen-bond acceptors (Lipinski definition) is 8. The number of amides is 1. The lowest BCUT2D eigenvalue weighted by molar-refractivity contribution is 0.0138. The van der Waals surface area contributed by atoms with Gasteiger partial charge in [0.15, 0.2) is 5.69 Å². The van der Waals surface area contributed by atoms with E-state index in [4.69, 9.17) is 4.74 Å². The van der Waals surface area contributed by atoms with Gasteiger partial charge in [0.25, 0.3) is 5.91 Å². The Labute approximate surface area is 180 Å². The molecule has 1 amide bonds. The molecular formula is C20H19N3O3S3. The Kier molecular flexibility index (Phi) is 5.71. The predicted octanol–water partition coefficient (Wildman–Crippen LogP) is 4.52. The molecule has 0 radical (unpaired) electrons. The SMILES string of the molecule is Cc1cccc(-c2sc(C)nc2C(=O)N2CCSC2OC(=O)c2csc(C)n2)c1. The van der Waals surface area contributed by atoms with Gasteiger partial charge in [-0.2, -0.15) is 0 Å². The van der Waals surface area contributed by atoms with Crippen molar-refractivity contribution in [3.05, 3.63) is 56.6 Å². The van der Waals surface area contributed by atoms with Crippen molar-refractivity contribution < 1.29 is 14.3 Å². The number of aryl methyl sites for hydroxylation is 3. The van der Waals surface area contributed by atoms with Crippen LogP contribution in [0.2, 0.25) is 0 Å². The third-order valence-corrected chi connectivity index (χ3v) is 7.21. The summed E-state index contributed by atoms with van der Waals surface area (Å²) in [4.78, 5) is 36.8. The Morgan fingerprint density at radius 1 is 1.17 bits per heavy atom. The van der Waals surface area contributed by atoms with E-state index < -0.39 is 11.5 Å². The van der Waals surface area contributed by atoms with Crippen LogP contribution >= 0.6 is 34.4 Å². The number of ether oxygens (including phenoxy) is 1. The van der Waals surface area contributed by atoms with E-state index in [1.54, 1.807) is 10.3 Å². The second kappa shape index (κ2) is 8.25. The lowest BCUT2D eigenvalue weighted by atomic mass is 10.1. The minimum atomic E-state index is -0.677. The van der Waals surface area contributed by atoms with Gasteiger partial charge in [-0.15, -0.1) is 22.7 Å². The molecule has 1 fully saturated rings. The van der Waals surface area contributed by atoms with E-state index in [0.29, 0.717) is 18.0 Å². The van der Waals surface area contributed by atoms with Gasteiger partial charge >= 0.3 is 5.97 Å². The van der Waals surface area contributed by atoms with Crippen molar-refractivity contribution in [3.8, 4) is 10.4 Å². The van der Waals surface area contributed by atoms with E-state index in [0.717, 1.165) is 26.0 Å². The van der Waals surface area contributed by atoms with Gasteiger partial charge in [0.05, 0.1) is 14.9 Å². The number of benzene rings is 1. The number of aromatic nitrogens is 2. The van der Waals surface area contributed by atoms with E-state index in [1.165, 1.54) is 34.4 Å². The molecule has 29 heavy (non-hydrogen) atoms. The van der Waals surface area contributed by atoms with Crippen LogP contribution in [0.25, 0.3) is 10.4 Å². The second-order valence-corrected chi connectivity index (χ2v) is 10.0. The van der Waals surface area contributed by atoms with Crippen LogP contribution in [0.3, 0.4) is 0 Å². The highest BCUT2D eigenvalue weighted by molar-refractivity contribution is 8.00. The summed E-state index contributed by atoms with van der Waals surface area (Å²) in [6.45, 7) is 6.24. The molecule has 3 heterocycles. The van der Waals surface area contributed by atoms with Crippen molar-refractivity contribution in [3.63, 3.8) is 0 Å². The Bertz CT molecular complexity index is 1080. The molecule has 2 aromatic heterocycles. The standard InChI is InChI=1S/C20H19N3O3S3/c1-11-5-4-6-14(9-11)17-16(22-13(3)29-17)18(24)23-7-8-27-20(23)26-19(25)15-10-28-12(2)21-15/h4-6,9-10,20H,7-8H2,1-3H3. The third kappa shape index (κ3) is 4.22. The monoisotopic (exact) mass is 445 g/mol. The van der Waals surface area contributed by atoms with Gasteiger partial charge in [0.1, 0.15) is 5.69 Å². The van der Waals surface area contributed by atoms with E-state index in [-0.39, 0.29) is 11.6 Å². The van der Waals surface area contributed by atoms with Crippen LogP contribution in [-0.2, 0) is 4.74 Å². The number of rotatable bonds is 4. The number of nitrogens with zero attached hydrogens (tertiary/aromatic N) is 3. The molecule has 1 aliphatic heterocycles. The molecule has 1 aromatic carbocycles. The molecule has 6 nitrogen and oxygen atoms in total. The van der Waals surface area contributed by atoms with Crippen LogP contribution in [0.1, 0.15) is 36.6 Å². The summed E-state index contributed by atoms with van der Waals surface area (Å²) >= 11 is 4.31. The molecule has 0 bridgehead atoms. The van der Waals surface area contributed by atoms with Crippen LogP contribution in [-0.4, -0.2) is 44.6 Å². The molecule has 3 aromatic rings. The lowest BCUT2D eigenvalue weighted by Gasteiger charge is -2.22. The van der Waals surface area contributed by atoms with Gasteiger partial charge in [-0.05, 0) is 26.3 Å². The number of carbonyl (C=O) groups excluding carboxylic acids is 2. The summed E-state index contributed by atoms with van der Waals surface area (Å²) in [5.41, 5.74) is 2.10. The summed E-state index contributed by atoms with van der Waals surface area (Å²) in [6.07, 6.45) is 0. The van der Waals surface area contributed by atoms with Gasteiger partial charge in [0, 0.05) is 17.7 Å². The molecule has 1 atom stereocenters. The molecule has 4 rings (SSSR count). The molecular weight excluding hydrogens is 426 g/mol. The first-order chi connectivity index (χ1) is 13.9. The molecule has 0 aliphatic carbocycles. The number of thiazole rings is 2. The molecule has 150 valence electrons. The van der Waals surface area contributed by atoms with Gasteiger partial charge in [0.2, 0.25) is 5.56 Å². The quantitative estimate of drug-likeness (QED) is 0.550. The molecule has 1 unspecified atom stereocenters. The topological polar surface area (TPSA) is 72.4 Å². The lowest BCUT2D eigenvalue weighted by Crippen LogP contribution is -2.38. The molecule has 0 saturated carbocycles. The van der Waals surface area contributed by atoms with Gasteiger partial charge < -0.3 is 4.74 Å². The summed E-state index contributed by atoms with van der Waals surface area (Å²) in [7, 11) is 0. The predicted molar refractivity (Wildman–Crippen MR) is 117 cm³/mol. The highest BCUT2D eigenvalue weighted by Gasteiger charge is 2.36. The molecule has 1 saturated heterocycles. The van der Waals surface area contributed by atoms with Gasteiger partial charge in [-0.3, -0.25) is 9.69 Å². The normalized spacial score (nSPS) is 16.2. The van der Waals surface area contributed by atoms with E-state index in [9.17, 15) is 9.59 Å². The van der Waals surface area contributed by atoms with Crippen molar-refractivity contribution in [2.24, 2.45) is 0 Å². The summed E-state index contributed by atoms with van der Waals surface area (Å²) in [5, 5.41) is 3.29. The zero-order valence-electron chi connectivity index (χ0n) is 16.2. The second-order valence-electron chi connectivity index (χ2n) is 6.61. The highest BCUT2D eigenvalue weighted by Crippen LogP contribution is 2.34. The number of hydrogen-bond donors (Lipinski definition) is 0. The minimum Gasteiger partial charge on any atom is -0.427 e. The Morgan fingerprint density at radius 3 is 2.72 bits per heavy atom. The summed E-state index contributed by atoms with van der Waals surface area (Å²) in [6, 6.07) is 8.02. The van der Waals surface area contributed by atoms with Crippen LogP contribution in [0.15, 0.2) is 29.6 Å². The average molecular weight is 446 g/mol. The van der Waals surface area contributed by atoms with Crippen LogP contribution in [0.4, 0.5) is 0 Å². The van der Waals surface area contributed by atoms with Gasteiger partial charge in [-0.1, -0.05) is 41.6 Å². The van der Waals surface area contributed by atoms with Crippen molar-refractivity contribution in [2.75, 3.05) is 12.3 Å². The van der Waals surface area contributed by atoms with Crippen molar-refractivity contribution >= 4 is 46.3 Å². The smallest absolute Gasteiger partial charge is 0.360 e. The first kappa shape index (κ1) is 20.1. The molecule has 0 N–H and O–H groups in total. The van der Waals surface area contributed by atoms with Crippen LogP contribution < -0.4 is 0 Å². The maximum Gasteiger partial charge on any atom is 0.360 e. The molecule has 9 heteroatoms. The Hall–Kier alpha value is -2.23. The largest absolute Gasteiger partial charge is 0.427 e. The Morgan fingerprint density at radius 2 is 2.00 bits per heavy atom. The van der Waals surface area contributed by atoms with Crippen molar-refractivity contribution in [2.45, 2.75) is 26.3 Å². The maximum atomic E-state index is 13.3. The first-order valence-electron chi connectivity index (χ1n) is 9.02. The van der Waals surface area contributed by atoms with E-state index in [2.05, 4.69) is 9.97 Å². The number of esters is 1. The number of thioether (sulfide) groups is 1. The summed E-state index contributed by atoms with van der Waals surface area (Å²) < 4.78 is 5.59. The van der Waals surface area contributed by atoms with E-state index in [1.807, 2.05) is 45.0 Å². The molecule has 1 aliphatic rings. The number of carbonyl (C=O) groups is 2. The zero-order valence-corrected chi connectivity index (χ0v) is 18.6. The first-order valence-corrected chi connectivity index (χ1v) is 11.8. The van der Waals surface area contributed by atoms with Crippen LogP contribution in [0, 0.1) is 20.8 Å². The van der Waals surface area contributed by atoms with Crippen molar-refractivity contribution in [1.29, 1.82) is 0 Å². The molecule has 0 spiro atoms. The fraction of sp³-hybridized carbons (Fsp3) is 0.300. The van der Waals surface area contributed by atoms with E-state index >= 15 is 0 Å². The fourth-order valence-electron chi connectivity index (χ4n) is 3.04. The highest BCUT2D eigenvalue weighted by atomic mass is 32.2.